The summed E-state index contributed by atoms with van der Waals surface area (Å²) in [4.78, 5) is 0. The molecule has 78 valence electrons. The number of nitrogens with zero attached hydrogens (tertiary/aromatic N) is 2. The molecular formula is C10H16ClN3. The molecule has 1 unspecified atom stereocenters. The van der Waals surface area contributed by atoms with Crippen LogP contribution in [0.1, 0.15) is 25.1 Å². The van der Waals surface area contributed by atoms with Gasteiger partial charge in [-0.1, -0.05) is 17.7 Å². The molecule has 0 fully saturated rings. The summed E-state index contributed by atoms with van der Waals surface area (Å²) < 4.78 is 1.91. The molecule has 0 radical (unpaired) electrons. The highest BCUT2D eigenvalue weighted by atomic mass is 35.5. The number of hydrogen-bond acceptors (Lipinski definition) is 2. The van der Waals surface area contributed by atoms with E-state index in [9.17, 15) is 0 Å². The van der Waals surface area contributed by atoms with Crippen molar-refractivity contribution in [3.8, 4) is 0 Å². The summed E-state index contributed by atoms with van der Waals surface area (Å²) >= 11 is 6.08. The van der Waals surface area contributed by atoms with Crippen molar-refractivity contribution >= 4 is 11.6 Å². The molecule has 1 atom stereocenters. The molecule has 0 spiro atoms. The van der Waals surface area contributed by atoms with Gasteiger partial charge < -0.3 is 5.32 Å². The van der Waals surface area contributed by atoms with Crippen LogP contribution in [0.3, 0.4) is 0 Å². The zero-order chi connectivity index (χ0) is 10.6. The third kappa shape index (κ3) is 2.16. The van der Waals surface area contributed by atoms with Crippen molar-refractivity contribution < 1.29 is 0 Å². The fraction of sp³-hybridized carbons (Fsp3) is 0.500. The third-order valence-corrected chi connectivity index (χ3v) is 2.50. The van der Waals surface area contributed by atoms with E-state index < -0.39 is 0 Å². The Kier molecular flexibility index (Phi) is 4.17. The fourth-order valence-electron chi connectivity index (χ4n) is 1.50. The highest BCUT2D eigenvalue weighted by Gasteiger charge is 2.16. The van der Waals surface area contributed by atoms with E-state index in [4.69, 9.17) is 11.6 Å². The number of hydrogen-bond donors (Lipinski definition) is 1. The Morgan fingerprint density at radius 2 is 2.50 bits per heavy atom. The Bertz CT molecular complexity index is 306. The second-order valence-electron chi connectivity index (χ2n) is 3.06. The van der Waals surface area contributed by atoms with Crippen LogP contribution in [-0.2, 0) is 6.54 Å². The van der Waals surface area contributed by atoms with Gasteiger partial charge in [-0.2, -0.15) is 5.10 Å². The van der Waals surface area contributed by atoms with Gasteiger partial charge >= 0.3 is 0 Å². The van der Waals surface area contributed by atoms with E-state index in [1.165, 1.54) is 0 Å². The molecule has 1 rings (SSSR count). The molecule has 0 aliphatic rings. The lowest BCUT2D eigenvalue weighted by atomic mass is 10.1. The van der Waals surface area contributed by atoms with Gasteiger partial charge in [-0.05, 0) is 20.4 Å². The first-order chi connectivity index (χ1) is 6.74. The molecule has 0 bridgehead atoms. The van der Waals surface area contributed by atoms with Crippen molar-refractivity contribution in [3.63, 3.8) is 0 Å². The number of rotatable bonds is 5. The van der Waals surface area contributed by atoms with Crippen molar-refractivity contribution in [3.05, 3.63) is 29.6 Å². The minimum atomic E-state index is 0.197. The monoisotopic (exact) mass is 213 g/mol. The van der Waals surface area contributed by atoms with Gasteiger partial charge in [0, 0.05) is 6.54 Å². The molecule has 1 aromatic rings. The second kappa shape index (κ2) is 5.17. The number of aryl methyl sites for hydroxylation is 1. The summed E-state index contributed by atoms with van der Waals surface area (Å²) in [6, 6.07) is 0.197. The van der Waals surface area contributed by atoms with Crippen LogP contribution in [0.2, 0.25) is 5.02 Å². The van der Waals surface area contributed by atoms with Crippen LogP contribution in [0.4, 0.5) is 0 Å². The Hall–Kier alpha value is -0.800. The van der Waals surface area contributed by atoms with E-state index in [1.54, 1.807) is 6.20 Å². The average Bonchev–Trinajstić information content (AvgIpc) is 2.56. The molecule has 14 heavy (non-hydrogen) atoms. The van der Waals surface area contributed by atoms with Gasteiger partial charge in [0.15, 0.2) is 0 Å². The Morgan fingerprint density at radius 3 is 3.00 bits per heavy atom. The maximum atomic E-state index is 6.08. The molecular weight excluding hydrogens is 198 g/mol. The zero-order valence-corrected chi connectivity index (χ0v) is 9.38. The van der Waals surface area contributed by atoms with Crippen LogP contribution in [0.25, 0.3) is 0 Å². The van der Waals surface area contributed by atoms with Gasteiger partial charge in [0.05, 0.1) is 23.0 Å². The van der Waals surface area contributed by atoms with E-state index in [-0.39, 0.29) is 6.04 Å². The maximum absolute atomic E-state index is 6.08. The first-order valence-corrected chi connectivity index (χ1v) is 5.11. The van der Waals surface area contributed by atoms with Gasteiger partial charge in [0.25, 0.3) is 0 Å². The molecule has 3 nitrogen and oxygen atoms in total. The molecule has 1 heterocycles. The minimum Gasteiger partial charge on any atom is -0.311 e. The predicted molar refractivity (Wildman–Crippen MR) is 59.5 cm³/mol. The highest BCUT2D eigenvalue weighted by molar-refractivity contribution is 6.31. The van der Waals surface area contributed by atoms with E-state index in [1.807, 2.05) is 24.7 Å². The van der Waals surface area contributed by atoms with Gasteiger partial charge in [-0.15, -0.1) is 6.58 Å². The Morgan fingerprint density at radius 1 is 1.79 bits per heavy atom. The molecule has 0 aliphatic carbocycles. The van der Waals surface area contributed by atoms with E-state index in [0.29, 0.717) is 5.02 Å². The molecule has 1 aromatic heterocycles. The lowest BCUT2D eigenvalue weighted by Crippen LogP contribution is -2.20. The van der Waals surface area contributed by atoms with Crippen LogP contribution in [0, 0.1) is 0 Å². The fourth-order valence-corrected chi connectivity index (χ4v) is 1.78. The normalized spacial score (nSPS) is 12.8. The molecule has 0 aromatic carbocycles. The Balaban J connectivity index is 3.00. The molecule has 0 aliphatic heterocycles. The van der Waals surface area contributed by atoms with E-state index in [0.717, 1.165) is 18.7 Å². The summed E-state index contributed by atoms with van der Waals surface area (Å²) in [6.45, 7) is 6.61. The van der Waals surface area contributed by atoms with Crippen LogP contribution >= 0.6 is 11.6 Å². The number of aromatic nitrogens is 2. The largest absolute Gasteiger partial charge is 0.311 e. The number of halogens is 1. The zero-order valence-electron chi connectivity index (χ0n) is 8.63. The molecule has 4 heteroatoms. The van der Waals surface area contributed by atoms with Crippen molar-refractivity contribution in [1.29, 1.82) is 0 Å². The van der Waals surface area contributed by atoms with Crippen molar-refractivity contribution in [2.75, 3.05) is 7.05 Å². The summed E-state index contributed by atoms with van der Waals surface area (Å²) in [5.41, 5.74) is 1.04. The maximum Gasteiger partial charge on any atom is 0.0834 e. The molecule has 1 N–H and O–H groups in total. The van der Waals surface area contributed by atoms with Crippen LogP contribution < -0.4 is 5.32 Å². The van der Waals surface area contributed by atoms with Crippen LogP contribution in [0.5, 0.6) is 0 Å². The van der Waals surface area contributed by atoms with Crippen molar-refractivity contribution in [1.82, 2.24) is 15.1 Å². The van der Waals surface area contributed by atoms with Gasteiger partial charge in [-0.25, -0.2) is 0 Å². The summed E-state index contributed by atoms with van der Waals surface area (Å²) in [6.07, 6.45) is 4.42. The highest BCUT2D eigenvalue weighted by Crippen LogP contribution is 2.24. The predicted octanol–water partition coefficient (Wildman–Crippen LogP) is 2.39. The SMILES string of the molecule is C=CCC(NC)c1c(Cl)cnn1CC. The molecule has 0 saturated carbocycles. The average molecular weight is 214 g/mol. The Labute approximate surface area is 89.8 Å². The smallest absolute Gasteiger partial charge is 0.0834 e. The van der Waals surface area contributed by atoms with Gasteiger partial charge in [0.1, 0.15) is 0 Å². The van der Waals surface area contributed by atoms with Crippen molar-refractivity contribution in [2.45, 2.75) is 25.9 Å². The summed E-state index contributed by atoms with van der Waals surface area (Å²) in [7, 11) is 1.91. The van der Waals surface area contributed by atoms with Gasteiger partial charge in [-0.3, -0.25) is 4.68 Å². The summed E-state index contributed by atoms with van der Waals surface area (Å²) in [5, 5.41) is 8.12. The molecule has 0 saturated heterocycles. The topological polar surface area (TPSA) is 29.9 Å². The van der Waals surface area contributed by atoms with E-state index >= 15 is 0 Å². The standard InChI is InChI=1S/C10H16ClN3/c1-4-6-9(12-3)10-8(11)7-13-14(10)5-2/h4,7,9,12H,1,5-6H2,2-3H3. The van der Waals surface area contributed by atoms with Crippen molar-refractivity contribution in [2.24, 2.45) is 0 Å². The lowest BCUT2D eigenvalue weighted by Gasteiger charge is -2.16. The van der Waals surface area contributed by atoms with E-state index in [2.05, 4.69) is 17.0 Å². The lowest BCUT2D eigenvalue weighted by molar-refractivity contribution is 0.520. The van der Waals surface area contributed by atoms with Gasteiger partial charge in [0.2, 0.25) is 0 Å². The minimum absolute atomic E-state index is 0.197. The first-order valence-electron chi connectivity index (χ1n) is 4.73. The molecule has 0 amide bonds. The number of nitrogens with one attached hydrogen (secondary N) is 1. The first kappa shape index (κ1) is 11.3. The quantitative estimate of drug-likeness (QED) is 0.762. The summed E-state index contributed by atoms with van der Waals surface area (Å²) in [5.74, 6) is 0. The third-order valence-electron chi connectivity index (χ3n) is 2.21. The van der Waals surface area contributed by atoms with Crippen LogP contribution in [0.15, 0.2) is 18.9 Å². The second-order valence-corrected chi connectivity index (χ2v) is 3.47. The van der Waals surface area contributed by atoms with Crippen LogP contribution in [-0.4, -0.2) is 16.8 Å².